The lowest BCUT2D eigenvalue weighted by molar-refractivity contribution is 0.612. The Balaban J connectivity index is 2.21. The fraction of sp³-hybridized carbons (Fsp3) is 0.143. The molecule has 0 amide bonds. The van der Waals surface area contributed by atoms with Crippen LogP contribution in [0.4, 0.5) is 10.1 Å². The van der Waals surface area contributed by atoms with Crippen LogP contribution in [0.5, 0.6) is 0 Å². The molecule has 0 saturated carbocycles. The molecule has 1 heterocycles. The zero-order valence-corrected chi connectivity index (χ0v) is 14.1. The van der Waals surface area contributed by atoms with E-state index in [9.17, 15) is 9.18 Å². The Morgan fingerprint density at radius 2 is 2.19 bits per heavy atom. The zero-order chi connectivity index (χ0) is 15.4. The van der Waals surface area contributed by atoms with Crippen LogP contribution in [-0.4, -0.2) is 9.78 Å². The van der Waals surface area contributed by atoms with E-state index in [0.717, 1.165) is 4.47 Å². The third kappa shape index (κ3) is 3.79. The lowest BCUT2D eigenvalue weighted by Crippen LogP contribution is -2.24. The molecule has 0 bridgehead atoms. The van der Waals surface area contributed by atoms with Crippen molar-refractivity contribution < 1.29 is 4.39 Å². The lowest BCUT2D eigenvalue weighted by atomic mass is 10.2. The average Bonchev–Trinajstić information content (AvgIpc) is 2.46. The molecule has 0 saturated heterocycles. The summed E-state index contributed by atoms with van der Waals surface area (Å²) in [6.07, 6.45) is 3.11. The van der Waals surface area contributed by atoms with Gasteiger partial charge in [-0.05, 0) is 34.1 Å². The molecule has 0 spiro atoms. The molecule has 7 heteroatoms. The highest BCUT2D eigenvalue weighted by Gasteiger charge is 2.09. The maximum absolute atomic E-state index is 13.7. The standard InChI is InChI=1S/C14H12Br2FN3O/c1-2-5-20-14(21)13(16)12(8-19-20)18-7-9-6-10(15)3-4-11(9)17/h2-4,6,8,18H,1,5,7H2. The van der Waals surface area contributed by atoms with E-state index in [2.05, 4.69) is 48.9 Å². The number of hydrogen-bond acceptors (Lipinski definition) is 3. The molecule has 0 unspecified atom stereocenters. The number of hydrogen-bond donors (Lipinski definition) is 1. The normalized spacial score (nSPS) is 10.4. The van der Waals surface area contributed by atoms with E-state index in [4.69, 9.17) is 0 Å². The summed E-state index contributed by atoms with van der Waals surface area (Å²) in [7, 11) is 0. The molecule has 2 rings (SSSR count). The van der Waals surface area contributed by atoms with E-state index in [1.807, 2.05) is 0 Å². The number of rotatable bonds is 5. The van der Waals surface area contributed by atoms with Gasteiger partial charge in [-0.2, -0.15) is 5.10 Å². The molecule has 1 N–H and O–H groups in total. The van der Waals surface area contributed by atoms with Crippen LogP contribution in [0.2, 0.25) is 0 Å². The summed E-state index contributed by atoms with van der Waals surface area (Å²) in [6, 6.07) is 4.70. The van der Waals surface area contributed by atoms with Crippen LogP contribution in [0, 0.1) is 5.82 Å². The molecule has 0 aliphatic heterocycles. The van der Waals surface area contributed by atoms with Crippen molar-refractivity contribution in [2.24, 2.45) is 0 Å². The summed E-state index contributed by atoms with van der Waals surface area (Å²) in [5.41, 5.74) is 0.737. The summed E-state index contributed by atoms with van der Waals surface area (Å²) in [6.45, 7) is 4.14. The summed E-state index contributed by atoms with van der Waals surface area (Å²) in [5.74, 6) is -0.310. The Morgan fingerprint density at radius 1 is 1.43 bits per heavy atom. The van der Waals surface area contributed by atoms with E-state index in [0.29, 0.717) is 22.3 Å². The number of halogens is 3. The second-order valence-electron chi connectivity index (χ2n) is 4.24. The van der Waals surface area contributed by atoms with Crippen LogP contribution in [-0.2, 0) is 13.1 Å². The lowest BCUT2D eigenvalue weighted by Gasteiger charge is -2.10. The van der Waals surface area contributed by atoms with Gasteiger partial charge in [-0.15, -0.1) is 6.58 Å². The summed E-state index contributed by atoms with van der Waals surface area (Å²) < 4.78 is 16.1. The minimum absolute atomic E-state index is 0.246. The molecule has 0 fully saturated rings. The van der Waals surface area contributed by atoms with E-state index >= 15 is 0 Å². The molecule has 4 nitrogen and oxygen atoms in total. The average molecular weight is 417 g/mol. The van der Waals surface area contributed by atoms with Crippen molar-refractivity contribution in [3.63, 3.8) is 0 Å². The number of aromatic nitrogens is 2. The predicted molar refractivity (Wildman–Crippen MR) is 87.8 cm³/mol. The SMILES string of the molecule is C=CCn1ncc(NCc2cc(Br)ccc2F)c(Br)c1=O. The molecule has 0 radical (unpaired) electrons. The first-order valence-electron chi connectivity index (χ1n) is 6.07. The summed E-state index contributed by atoms with van der Waals surface area (Å²) in [5, 5.41) is 7.02. The van der Waals surface area contributed by atoms with Gasteiger partial charge in [0.15, 0.2) is 0 Å². The van der Waals surface area contributed by atoms with Gasteiger partial charge in [0, 0.05) is 16.6 Å². The van der Waals surface area contributed by atoms with Crippen LogP contribution in [0.3, 0.4) is 0 Å². The topological polar surface area (TPSA) is 46.9 Å². The van der Waals surface area contributed by atoms with Gasteiger partial charge >= 0.3 is 0 Å². The third-order valence-corrected chi connectivity index (χ3v) is 4.02. The number of benzene rings is 1. The first-order valence-corrected chi connectivity index (χ1v) is 7.66. The molecule has 0 aliphatic rings. The van der Waals surface area contributed by atoms with Crippen LogP contribution >= 0.6 is 31.9 Å². The molecule has 110 valence electrons. The van der Waals surface area contributed by atoms with Crippen molar-refractivity contribution in [2.75, 3.05) is 5.32 Å². The number of allylic oxidation sites excluding steroid dienone is 1. The van der Waals surface area contributed by atoms with Crippen molar-refractivity contribution in [2.45, 2.75) is 13.1 Å². The Morgan fingerprint density at radius 3 is 2.90 bits per heavy atom. The van der Waals surface area contributed by atoms with E-state index in [1.165, 1.54) is 16.9 Å². The predicted octanol–water partition coefficient (Wildman–Crippen LogP) is 3.71. The highest BCUT2D eigenvalue weighted by atomic mass is 79.9. The van der Waals surface area contributed by atoms with Crippen molar-refractivity contribution in [3.05, 3.63) is 67.7 Å². The summed E-state index contributed by atoms with van der Waals surface area (Å²) in [4.78, 5) is 12.0. The maximum Gasteiger partial charge on any atom is 0.283 e. The fourth-order valence-electron chi connectivity index (χ4n) is 1.71. The van der Waals surface area contributed by atoms with Crippen molar-refractivity contribution >= 4 is 37.5 Å². The zero-order valence-electron chi connectivity index (χ0n) is 10.9. The Labute approximate surface area is 137 Å². The number of nitrogens with zero attached hydrogens (tertiary/aromatic N) is 2. The van der Waals surface area contributed by atoms with Crippen LogP contribution < -0.4 is 10.9 Å². The first-order chi connectivity index (χ1) is 10.0. The molecular formula is C14H12Br2FN3O. The van der Waals surface area contributed by atoms with Gasteiger partial charge < -0.3 is 5.32 Å². The molecule has 0 aliphatic carbocycles. The van der Waals surface area contributed by atoms with Crippen LogP contribution in [0.15, 0.2) is 50.8 Å². The second-order valence-corrected chi connectivity index (χ2v) is 5.95. The number of anilines is 1. The largest absolute Gasteiger partial charge is 0.378 e. The molecule has 1 aromatic carbocycles. The quantitative estimate of drug-likeness (QED) is 0.756. The van der Waals surface area contributed by atoms with E-state index < -0.39 is 0 Å². The minimum Gasteiger partial charge on any atom is -0.378 e. The van der Waals surface area contributed by atoms with Gasteiger partial charge in [-0.1, -0.05) is 22.0 Å². The van der Waals surface area contributed by atoms with Crippen molar-refractivity contribution in [1.29, 1.82) is 0 Å². The summed E-state index contributed by atoms with van der Waals surface area (Å²) >= 11 is 6.53. The van der Waals surface area contributed by atoms with Gasteiger partial charge in [0.25, 0.3) is 5.56 Å². The molecule has 1 aromatic heterocycles. The third-order valence-electron chi connectivity index (χ3n) is 2.76. The van der Waals surface area contributed by atoms with Crippen LogP contribution in [0.1, 0.15) is 5.56 Å². The smallest absolute Gasteiger partial charge is 0.283 e. The van der Waals surface area contributed by atoms with Gasteiger partial charge in [0.2, 0.25) is 0 Å². The number of nitrogens with one attached hydrogen (secondary N) is 1. The fourth-order valence-corrected chi connectivity index (χ4v) is 2.57. The van der Waals surface area contributed by atoms with Crippen molar-refractivity contribution in [3.8, 4) is 0 Å². The Kier molecular flexibility index (Phi) is 5.30. The Bertz CT molecular complexity index is 731. The molecule has 2 aromatic rings. The molecule has 0 atom stereocenters. The van der Waals surface area contributed by atoms with Crippen LogP contribution in [0.25, 0.3) is 0 Å². The second kappa shape index (κ2) is 7.00. The van der Waals surface area contributed by atoms with Gasteiger partial charge in [0.05, 0.1) is 18.4 Å². The Hall–Kier alpha value is -1.47. The maximum atomic E-state index is 13.7. The van der Waals surface area contributed by atoms with E-state index in [1.54, 1.807) is 18.2 Å². The highest BCUT2D eigenvalue weighted by Crippen LogP contribution is 2.20. The molecule has 21 heavy (non-hydrogen) atoms. The van der Waals surface area contributed by atoms with E-state index in [-0.39, 0.29) is 17.9 Å². The monoisotopic (exact) mass is 415 g/mol. The minimum atomic E-state index is -0.310. The van der Waals surface area contributed by atoms with Gasteiger partial charge in [-0.3, -0.25) is 4.79 Å². The van der Waals surface area contributed by atoms with Gasteiger partial charge in [0.1, 0.15) is 10.3 Å². The van der Waals surface area contributed by atoms with Gasteiger partial charge in [-0.25, -0.2) is 9.07 Å². The first kappa shape index (κ1) is 15.9. The molecular weight excluding hydrogens is 405 g/mol. The highest BCUT2D eigenvalue weighted by molar-refractivity contribution is 9.10. The van der Waals surface area contributed by atoms with Crippen molar-refractivity contribution in [1.82, 2.24) is 9.78 Å².